The van der Waals surface area contributed by atoms with Gasteiger partial charge >= 0.3 is 6.18 Å². The molecule has 0 saturated heterocycles. The van der Waals surface area contributed by atoms with Crippen LogP contribution in [0.4, 0.5) is 18.9 Å². The Kier molecular flexibility index (Phi) is 4.88. The molecule has 5 nitrogen and oxygen atoms in total. The normalized spacial score (nSPS) is 13.2. The molecule has 1 aliphatic heterocycles. The lowest BCUT2D eigenvalue weighted by molar-refractivity contribution is -0.137. The van der Waals surface area contributed by atoms with Gasteiger partial charge < -0.3 is 9.64 Å². The fourth-order valence-electron chi connectivity index (χ4n) is 3.27. The Morgan fingerprint density at radius 1 is 1.13 bits per heavy atom. The Morgan fingerprint density at radius 2 is 1.90 bits per heavy atom. The molecule has 0 radical (unpaired) electrons. The van der Waals surface area contributed by atoms with Crippen molar-refractivity contribution in [3.8, 4) is 22.9 Å². The summed E-state index contributed by atoms with van der Waals surface area (Å²) in [6.45, 7) is 0.367. The number of halogens is 3. The minimum atomic E-state index is -4.54. The zero-order valence-corrected chi connectivity index (χ0v) is 15.5. The molecular weight excluding hydrogens is 395 g/mol. The van der Waals surface area contributed by atoms with Gasteiger partial charge in [0.05, 0.1) is 29.9 Å². The molecule has 4 rings (SSSR count). The van der Waals surface area contributed by atoms with Gasteiger partial charge in [-0.05, 0) is 35.9 Å². The summed E-state index contributed by atoms with van der Waals surface area (Å²) >= 11 is 0. The summed E-state index contributed by atoms with van der Waals surface area (Å²) in [6.07, 6.45) is -1.50. The predicted molar refractivity (Wildman–Crippen MR) is 103 cm³/mol. The van der Waals surface area contributed by atoms with Gasteiger partial charge in [-0.3, -0.25) is 9.78 Å². The third kappa shape index (κ3) is 3.57. The first-order chi connectivity index (χ1) is 14.4. The maximum absolute atomic E-state index is 13.0. The minimum Gasteiger partial charge on any atom is -0.489 e. The van der Waals surface area contributed by atoms with Crippen molar-refractivity contribution in [2.24, 2.45) is 0 Å². The number of fused-ring (bicyclic) bond motifs is 1. The number of alkyl halides is 3. The molecule has 2 aromatic carbocycles. The van der Waals surface area contributed by atoms with Gasteiger partial charge in [0, 0.05) is 17.3 Å². The van der Waals surface area contributed by atoms with E-state index in [1.165, 1.54) is 23.2 Å². The number of nitrogens with zero attached hydrogens (tertiary/aromatic N) is 3. The average molecular weight is 409 g/mol. The smallest absolute Gasteiger partial charge is 0.416 e. The standard InChI is InChI=1S/C22H14F3N3O2/c23-22(24,25)17-3-1-2-16(10-17)21(29)28-8-9-30-20-18(12-27-13-19(20)28)15-6-4-14(11-26)5-7-15/h1-7,10,12-13H,8-9H2. The van der Waals surface area contributed by atoms with Gasteiger partial charge in [0.25, 0.3) is 5.91 Å². The van der Waals surface area contributed by atoms with E-state index in [1.54, 1.807) is 30.5 Å². The van der Waals surface area contributed by atoms with Crippen LogP contribution in [0.2, 0.25) is 0 Å². The molecule has 0 bridgehead atoms. The average Bonchev–Trinajstić information content (AvgIpc) is 2.77. The van der Waals surface area contributed by atoms with Crippen molar-refractivity contribution in [1.82, 2.24) is 4.98 Å². The summed E-state index contributed by atoms with van der Waals surface area (Å²) in [5, 5.41) is 8.96. The zero-order valence-electron chi connectivity index (χ0n) is 15.5. The van der Waals surface area contributed by atoms with Crippen LogP contribution in [0.3, 0.4) is 0 Å². The molecule has 30 heavy (non-hydrogen) atoms. The number of amides is 1. The number of carbonyl (C=O) groups is 1. The highest BCUT2D eigenvalue weighted by Crippen LogP contribution is 2.40. The van der Waals surface area contributed by atoms with Crippen LogP contribution in [0.25, 0.3) is 11.1 Å². The third-order valence-corrected chi connectivity index (χ3v) is 4.74. The van der Waals surface area contributed by atoms with Crippen LogP contribution in [0, 0.1) is 11.3 Å². The Hall–Kier alpha value is -3.86. The van der Waals surface area contributed by atoms with Crippen molar-refractivity contribution in [3.05, 3.63) is 77.6 Å². The van der Waals surface area contributed by atoms with Crippen molar-refractivity contribution >= 4 is 11.6 Å². The molecule has 1 amide bonds. The van der Waals surface area contributed by atoms with E-state index in [0.717, 1.165) is 17.7 Å². The van der Waals surface area contributed by atoms with Crippen LogP contribution in [0.1, 0.15) is 21.5 Å². The minimum absolute atomic E-state index is 0.0681. The molecule has 0 fully saturated rings. The van der Waals surface area contributed by atoms with E-state index in [-0.39, 0.29) is 18.7 Å². The summed E-state index contributed by atoms with van der Waals surface area (Å²) in [5.74, 6) is -0.147. The number of aromatic nitrogens is 1. The number of hydrogen-bond acceptors (Lipinski definition) is 4. The van der Waals surface area contributed by atoms with E-state index in [4.69, 9.17) is 10.00 Å². The van der Waals surface area contributed by atoms with Gasteiger partial charge in [0.1, 0.15) is 12.3 Å². The fourth-order valence-corrected chi connectivity index (χ4v) is 3.27. The second-order valence-corrected chi connectivity index (χ2v) is 6.61. The highest BCUT2D eigenvalue weighted by Gasteiger charge is 2.32. The van der Waals surface area contributed by atoms with Gasteiger partial charge in [-0.15, -0.1) is 0 Å². The van der Waals surface area contributed by atoms with Crippen LogP contribution < -0.4 is 9.64 Å². The largest absolute Gasteiger partial charge is 0.489 e. The first-order valence-corrected chi connectivity index (χ1v) is 8.99. The molecule has 150 valence electrons. The molecule has 0 unspecified atom stereocenters. The Morgan fingerprint density at radius 3 is 2.60 bits per heavy atom. The monoisotopic (exact) mass is 409 g/mol. The molecular formula is C22H14F3N3O2. The van der Waals surface area contributed by atoms with Crippen molar-refractivity contribution in [2.75, 3.05) is 18.1 Å². The topological polar surface area (TPSA) is 66.2 Å². The molecule has 8 heteroatoms. The highest BCUT2D eigenvalue weighted by atomic mass is 19.4. The van der Waals surface area contributed by atoms with E-state index < -0.39 is 17.6 Å². The second kappa shape index (κ2) is 7.52. The summed E-state index contributed by atoms with van der Waals surface area (Å²) in [6, 6.07) is 13.2. The molecule has 1 aliphatic rings. The van der Waals surface area contributed by atoms with E-state index in [9.17, 15) is 18.0 Å². The number of rotatable bonds is 2. The molecule has 2 heterocycles. The van der Waals surface area contributed by atoms with E-state index in [2.05, 4.69) is 4.98 Å². The number of hydrogen-bond donors (Lipinski definition) is 0. The predicted octanol–water partition coefficient (Wildman–Crippen LogP) is 4.68. The number of anilines is 1. The Labute approximate surface area is 170 Å². The maximum atomic E-state index is 13.0. The third-order valence-electron chi connectivity index (χ3n) is 4.74. The Bertz CT molecular complexity index is 1150. The van der Waals surface area contributed by atoms with E-state index in [0.29, 0.717) is 22.6 Å². The molecule has 1 aromatic heterocycles. The van der Waals surface area contributed by atoms with E-state index in [1.807, 2.05) is 6.07 Å². The molecule has 0 atom stereocenters. The van der Waals surface area contributed by atoms with Gasteiger partial charge in [-0.1, -0.05) is 18.2 Å². The van der Waals surface area contributed by atoms with Gasteiger partial charge in [-0.2, -0.15) is 18.4 Å². The van der Waals surface area contributed by atoms with Crippen LogP contribution in [-0.4, -0.2) is 24.0 Å². The van der Waals surface area contributed by atoms with Gasteiger partial charge in [-0.25, -0.2) is 0 Å². The number of nitriles is 1. The lowest BCUT2D eigenvalue weighted by atomic mass is 10.0. The number of ether oxygens (including phenoxy) is 1. The van der Waals surface area contributed by atoms with Crippen LogP contribution in [0.15, 0.2) is 60.9 Å². The first kappa shape index (κ1) is 19.5. The quantitative estimate of drug-likeness (QED) is 0.617. The van der Waals surface area contributed by atoms with Crippen LogP contribution in [0.5, 0.6) is 5.75 Å². The number of carbonyl (C=O) groups excluding carboxylic acids is 1. The van der Waals surface area contributed by atoms with Crippen molar-refractivity contribution < 1.29 is 22.7 Å². The molecule has 0 spiro atoms. The summed E-state index contributed by atoms with van der Waals surface area (Å²) < 4.78 is 44.9. The summed E-state index contributed by atoms with van der Waals surface area (Å²) in [4.78, 5) is 18.6. The lowest BCUT2D eigenvalue weighted by Gasteiger charge is -2.30. The summed E-state index contributed by atoms with van der Waals surface area (Å²) in [7, 11) is 0. The van der Waals surface area contributed by atoms with E-state index >= 15 is 0 Å². The van der Waals surface area contributed by atoms with Gasteiger partial charge in [0.15, 0.2) is 5.75 Å². The zero-order chi connectivity index (χ0) is 21.3. The summed E-state index contributed by atoms with van der Waals surface area (Å²) in [5.41, 5.74) is 1.29. The van der Waals surface area contributed by atoms with Gasteiger partial charge in [0.2, 0.25) is 0 Å². The Balaban J connectivity index is 1.73. The van der Waals surface area contributed by atoms with Crippen LogP contribution >= 0.6 is 0 Å². The lowest BCUT2D eigenvalue weighted by Crippen LogP contribution is -2.38. The van der Waals surface area contributed by atoms with Crippen molar-refractivity contribution in [2.45, 2.75) is 6.18 Å². The number of pyridine rings is 1. The molecule has 0 N–H and O–H groups in total. The molecule has 3 aromatic rings. The highest BCUT2D eigenvalue weighted by molar-refractivity contribution is 6.07. The second-order valence-electron chi connectivity index (χ2n) is 6.61. The maximum Gasteiger partial charge on any atom is 0.416 e. The van der Waals surface area contributed by atoms with Crippen LogP contribution in [-0.2, 0) is 6.18 Å². The van der Waals surface area contributed by atoms with Crippen molar-refractivity contribution in [1.29, 1.82) is 5.26 Å². The number of benzene rings is 2. The van der Waals surface area contributed by atoms with Crippen molar-refractivity contribution in [3.63, 3.8) is 0 Å². The molecule has 0 saturated carbocycles. The SMILES string of the molecule is N#Cc1ccc(-c2cncc3c2OCCN3C(=O)c2cccc(C(F)(F)F)c2)cc1. The first-order valence-electron chi connectivity index (χ1n) is 8.99. The fraction of sp³-hybridized carbons (Fsp3) is 0.136. The molecule has 0 aliphatic carbocycles.